The molecule has 4 aromatic rings. The van der Waals surface area contributed by atoms with E-state index in [0.717, 1.165) is 0 Å². The summed E-state index contributed by atoms with van der Waals surface area (Å²) in [5, 5.41) is 3.12. The second kappa shape index (κ2) is 11.8. The lowest BCUT2D eigenvalue weighted by atomic mass is 9.89. The molecule has 0 unspecified atom stereocenters. The largest absolute Gasteiger partial charge is 0.593 e. The van der Waals surface area contributed by atoms with Crippen LogP contribution in [0, 0.1) is 11.6 Å². The Labute approximate surface area is 240 Å². The number of hydrogen-bond acceptors (Lipinski definition) is 6. The smallest absolute Gasteiger partial charge is 0.255 e. The molecule has 12 heteroatoms. The monoisotopic (exact) mass is 601 g/mol. The molecule has 3 aromatic carbocycles. The molecular formula is C29H29F2N3O5S2. The minimum absolute atomic E-state index is 0.159. The van der Waals surface area contributed by atoms with Crippen LogP contribution in [0.2, 0.25) is 0 Å². The Balaban J connectivity index is 1.57. The summed E-state index contributed by atoms with van der Waals surface area (Å²) in [5.41, 5.74) is 2.66. The highest BCUT2D eigenvalue weighted by Gasteiger charge is 2.33. The van der Waals surface area contributed by atoms with Crippen LogP contribution in [0.25, 0.3) is 22.3 Å². The maximum absolute atomic E-state index is 13.7. The van der Waals surface area contributed by atoms with Gasteiger partial charge in [-0.1, -0.05) is 12.1 Å². The van der Waals surface area contributed by atoms with Gasteiger partial charge in [-0.2, -0.15) is 0 Å². The number of hydrogen-bond donors (Lipinski definition) is 2. The van der Waals surface area contributed by atoms with Gasteiger partial charge in [-0.3, -0.25) is 4.79 Å². The molecule has 0 spiro atoms. The summed E-state index contributed by atoms with van der Waals surface area (Å²) >= 11 is -1.46. The van der Waals surface area contributed by atoms with Gasteiger partial charge in [-0.05, 0) is 72.4 Å². The van der Waals surface area contributed by atoms with Crippen LogP contribution in [0.1, 0.15) is 40.2 Å². The normalized spacial score (nSPS) is 17.0. The molecule has 1 aromatic heterocycles. The Kier molecular flexibility index (Phi) is 8.37. The molecular weight excluding hydrogens is 572 g/mol. The molecule has 41 heavy (non-hydrogen) atoms. The topological polar surface area (TPSA) is 115 Å². The van der Waals surface area contributed by atoms with E-state index in [1.165, 1.54) is 60.1 Å². The lowest BCUT2D eigenvalue weighted by Gasteiger charge is -2.33. The molecule has 5 rings (SSSR count). The van der Waals surface area contributed by atoms with Crippen molar-refractivity contribution in [3.05, 3.63) is 89.0 Å². The van der Waals surface area contributed by atoms with Crippen molar-refractivity contribution < 1.29 is 31.0 Å². The first-order valence-corrected chi connectivity index (χ1v) is 16.1. The predicted octanol–water partition coefficient (Wildman–Crippen LogP) is 5.15. The Morgan fingerprint density at radius 2 is 1.88 bits per heavy atom. The van der Waals surface area contributed by atoms with Crippen LogP contribution in [0.3, 0.4) is 0 Å². The van der Waals surface area contributed by atoms with Gasteiger partial charge in [0.1, 0.15) is 29.2 Å². The van der Waals surface area contributed by atoms with E-state index < -0.39 is 38.9 Å². The van der Waals surface area contributed by atoms with Gasteiger partial charge in [0.05, 0.1) is 28.4 Å². The molecule has 216 valence electrons. The fourth-order valence-electron chi connectivity index (χ4n) is 5.27. The number of benzene rings is 3. The number of carbonyl (C=O) groups is 1. The molecule has 8 nitrogen and oxygen atoms in total. The van der Waals surface area contributed by atoms with Crippen molar-refractivity contribution in [1.82, 2.24) is 9.62 Å². The Bertz CT molecular complexity index is 1690. The fourth-order valence-corrected chi connectivity index (χ4v) is 7.36. The zero-order valence-electron chi connectivity index (χ0n) is 22.4. The highest BCUT2D eigenvalue weighted by atomic mass is 32.2. The minimum atomic E-state index is -3.76. The zero-order chi connectivity index (χ0) is 29.3. The first kappa shape index (κ1) is 29.1. The Morgan fingerprint density at radius 3 is 2.56 bits per heavy atom. The number of carbonyl (C=O) groups excluding carboxylic acids is 1. The molecule has 1 saturated heterocycles. The molecule has 1 fully saturated rings. The SMILES string of the molecule is CNC(=O)c1c(-c2ccc(F)cc2)oc2cc(N[S@+](C)[O-])c([C@H]3CCCN(S(=O)(=O)Cc4cccc(F)c4)C3)cc12. The number of halogens is 2. The second-order valence-corrected chi connectivity index (χ2v) is 13.0. The van der Waals surface area contributed by atoms with Crippen molar-refractivity contribution >= 4 is 43.9 Å². The third-order valence-corrected chi connectivity index (χ3v) is 9.45. The second-order valence-electron chi connectivity index (χ2n) is 9.97. The quantitative estimate of drug-likeness (QED) is 0.270. The Morgan fingerprint density at radius 1 is 1.12 bits per heavy atom. The standard InChI is InChI=1S/C29H29F2N3O5S2/c1-32-29(35)27-24-14-23(20-6-4-12-34(16-20)41(37,38)17-18-5-3-7-22(31)13-18)25(33-40(2)36)15-26(24)39-28(27)19-8-10-21(30)11-9-19/h3,5,7-11,13-15,20,33H,4,6,12,16-17H2,1-2H3,(H,32,35)/t20-,40-/m0/s1. The summed E-state index contributed by atoms with van der Waals surface area (Å²) in [6.07, 6.45) is 2.71. The lowest BCUT2D eigenvalue weighted by molar-refractivity contribution is 0.0964. The first-order valence-electron chi connectivity index (χ1n) is 13.0. The summed E-state index contributed by atoms with van der Waals surface area (Å²) in [6, 6.07) is 14.5. The van der Waals surface area contributed by atoms with Crippen LogP contribution in [0.15, 0.2) is 65.1 Å². The maximum atomic E-state index is 13.7. The van der Waals surface area contributed by atoms with Crippen molar-refractivity contribution in [2.75, 3.05) is 31.1 Å². The van der Waals surface area contributed by atoms with E-state index in [1.54, 1.807) is 18.2 Å². The highest BCUT2D eigenvalue weighted by molar-refractivity contribution is 7.92. The molecule has 0 radical (unpaired) electrons. The van der Waals surface area contributed by atoms with E-state index in [2.05, 4.69) is 10.0 Å². The number of amides is 1. The maximum Gasteiger partial charge on any atom is 0.255 e. The summed E-state index contributed by atoms with van der Waals surface area (Å²) in [4.78, 5) is 13.1. The van der Waals surface area contributed by atoms with E-state index in [4.69, 9.17) is 4.42 Å². The van der Waals surface area contributed by atoms with Crippen molar-refractivity contribution in [3.63, 3.8) is 0 Å². The van der Waals surface area contributed by atoms with Crippen LogP contribution in [0.5, 0.6) is 0 Å². The van der Waals surface area contributed by atoms with Crippen LogP contribution >= 0.6 is 0 Å². The van der Waals surface area contributed by atoms with Gasteiger partial charge in [-0.15, -0.1) is 0 Å². The van der Waals surface area contributed by atoms with E-state index in [9.17, 15) is 26.5 Å². The number of furan rings is 1. The summed E-state index contributed by atoms with van der Waals surface area (Å²) in [7, 11) is -2.27. The van der Waals surface area contributed by atoms with Crippen LogP contribution in [0.4, 0.5) is 14.5 Å². The highest BCUT2D eigenvalue weighted by Crippen LogP contribution is 2.41. The molecule has 1 aliphatic heterocycles. The number of piperidine rings is 1. The summed E-state index contributed by atoms with van der Waals surface area (Å²) < 4.78 is 76.7. The number of nitrogens with zero attached hydrogens (tertiary/aromatic N) is 1. The van der Waals surface area contributed by atoms with Crippen molar-refractivity contribution in [3.8, 4) is 11.3 Å². The number of fused-ring (bicyclic) bond motifs is 1. The van der Waals surface area contributed by atoms with E-state index >= 15 is 0 Å². The Hall–Kier alpha value is -3.45. The third kappa shape index (κ3) is 6.25. The molecule has 2 heterocycles. The van der Waals surface area contributed by atoms with Gasteiger partial charge in [0.25, 0.3) is 5.91 Å². The summed E-state index contributed by atoms with van der Waals surface area (Å²) in [6.45, 7) is 0.481. The van der Waals surface area contributed by atoms with Gasteiger partial charge in [0.2, 0.25) is 10.0 Å². The van der Waals surface area contributed by atoms with Gasteiger partial charge in [0, 0.05) is 37.2 Å². The van der Waals surface area contributed by atoms with Crippen molar-refractivity contribution in [1.29, 1.82) is 0 Å². The molecule has 1 aliphatic rings. The molecule has 0 aliphatic carbocycles. The minimum Gasteiger partial charge on any atom is -0.593 e. The zero-order valence-corrected chi connectivity index (χ0v) is 24.1. The molecule has 2 atom stereocenters. The average molecular weight is 602 g/mol. The average Bonchev–Trinajstić information content (AvgIpc) is 3.30. The number of nitrogens with one attached hydrogen (secondary N) is 2. The van der Waals surface area contributed by atoms with E-state index in [0.29, 0.717) is 52.7 Å². The van der Waals surface area contributed by atoms with Crippen molar-refractivity contribution in [2.24, 2.45) is 0 Å². The first-order chi connectivity index (χ1) is 19.6. The molecule has 0 saturated carbocycles. The third-order valence-electron chi connectivity index (χ3n) is 7.13. The summed E-state index contributed by atoms with van der Waals surface area (Å²) in [5.74, 6) is -1.70. The fraction of sp³-hybridized carbons (Fsp3) is 0.276. The van der Waals surface area contributed by atoms with E-state index in [1.807, 2.05) is 0 Å². The van der Waals surface area contributed by atoms with Crippen LogP contribution in [-0.4, -0.2) is 49.6 Å². The van der Waals surface area contributed by atoms with Crippen LogP contribution < -0.4 is 10.0 Å². The van der Waals surface area contributed by atoms with Crippen LogP contribution in [-0.2, 0) is 27.1 Å². The number of rotatable bonds is 8. The van der Waals surface area contributed by atoms with Gasteiger partial charge < -0.3 is 14.3 Å². The van der Waals surface area contributed by atoms with Gasteiger partial charge in [-0.25, -0.2) is 26.2 Å². The molecule has 0 bridgehead atoms. The van der Waals surface area contributed by atoms with Gasteiger partial charge >= 0.3 is 0 Å². The van der Waals surface area contributed by atoms with Gasteiger partial charge in [0.15, 0.2) is 0 Å². The predicted molar refractivity (Wildman–Crippen MR) is 155 cm³/mol. The lowest BCUT2D eigenvalue weighted by Crippen LogP contribution is -2.39. The molecule has 2 N–H and O–H groups in total. The van der Waals surface area contributed by atoms with E-state index in [-0.39, 0.29) is 29.5 Å². The van der Waals surface area contributed by atoms with Crippen molar-refractivity contribution in [2.45, 2.75) is 24.5 Å². The number of sulfonamides is 1. The number of anilines is 1. The molecule has 1 amide bonds.